The van der Waals surface area contributed by atoms with Crippen molar-refractivity contribution in [2.75, 3.05) is 5.32 Å². The van der Waals surface area contributed by atoms with Crippen LogP contribution in [-0.2, 0) is 16.1 Å². The van der Waals surface area contributed by atoms with Crippen LogP contribution >= 0.6 is 11.3 Å². The zero-order chi connectivity index (χ0) is 15.5. The summed E-state index contributed by atoms with van der Waals surface area (Å²) in [5, 5.41) is 3.05. The van der Waals surface area contributed by atoms with Gasteiger partial charge in [-0.15, -0.1) is 11.3 Å². The first-order chi connectivity index (χ1) is 10.6. The number of nitrogens with zero attached hydrogens (tertiary/aromatic N) is 2. The van der Waals surface area contributed by atoms with Crippen LogP contribution in [-0.4, -0.2) is 27.7 Å². The van der Waals surface area contributed by atoms with Gasteiger partial charge in [-0.25, -0.2) is 4.98 Å². The normalized spacial score (nSPS) is 13.7. The second-order valence-corrected chi connectivity index (χ2v) is 6.61. The number of rotatable bonds is 4. The van der Waals surface area contributed by atoms with E-state index >= 15 is 0 Å². The lowest BCUT2D eigenvalue weighted by Gasteiger charge is -2.21. The van der Waals surface area contributed by atoms with Crippen molar-refractivity contribution in [3.8, 4) is 0 Å². The molecule has 1 saturated carbocycles. The average Bonchev–Trinajstić information content (AvgIpc) is 3.28. The number of carbonyl (C=O) groups excluding carboxylic acids is 2. The third kappa shape index (κ3) is 3.51. The minimum Gasteiger partial charge on any atom is -0.327 e. The zero-order valence-electron chi connectivity index (χ0n) is 12.3. The van der Waals surface area contributed by atoms with Crippen LogP contribution in [0.1, 0.15) is 23.3 Å². The molecule has 2 aromatic rings. The highest BCUT2D eigenvalue weighted by molar-refractivity contribution is 7.15. The number of thiazole rings is 1. The van der Waals surface area contributed by atoms with E-state index in [4.69, 9.17) is 0 Å². The number of aromatic nitrogens is 1. The van der Waals surface area contributed by atoms with E-state index in [1.807, 2.05) is 37.3 Å². The Labute approximate surface area is 133 Å². The minimum atomic E-state index is -0.614. The number of anilines is 1. The highest BCUT2D eigenvalue weighted by Gasteiger charge is 2.35. The molecule has 2 amide bonds. The lowest BCUT2D eigenvalue weighted by molar-refractivity contribution is -0.144. The number of aryl methyl sites for hydroxylation is 1. The van der Waals surface area contributed by atoms with E-state index in [2.05, 4.69) is 10.3 Å². The number of hydrogen-bond acceptors (Lipinski definition) is 4. The van der Waals surface area contributed by atoms with Crippen molar-refractivity contribution in [2.45, 2.75) is 32.4 Å². The molecule has 6 heteroatoms. The summed E-state index contributed by atoms with van der Waals surface area (Å²) in [7, 11) is 0. The molecule has 1 fully saturated rings. The molecule has 1 heterocycles. The van der Waals surface area contributed by atoms with E-state index in [1.165, 1.54) is 11.3 Å². The Hall–Kier alpha value is -2.21. The molecule has 1 aliphatic rings. The van der Waals surface area contributed by atoms with E-state index in [0.29, 0.717) is 11.7 Å². The van der Waals surface area contributed by atoms with Gasteiger partial charge in [-0.2, -0.15) is 0 Å². The third-order valence-electron chi connectivity index (χ3n) is 3.48. The van der Waals surface area contributed by atoms with E-state index in [1.54, 1.807) is 11.1 Å². The van der Waals surface area contributed by atoms with Crippen molar-refractivity contribution in [2.24, 2.45) is 0 Å². The number of benzene rings is 1. The van der Waals surface area contributed by atoms with E-state index in [9.17, 15) is 9.59 Å². The summed E-state index contributed by atoms with van der Waals surface area (Å²) in [5.74, 6) is -1.10. The second-order valence-electron chi connectivity index (χ2n) is 5.38. The largest absolute Gasteiger partial charge is 0.327 e. The molecule has 1 aromatic heterocycles. The summed E-state index contributed by atoms with van der Waals surface area (Å²) in [5.41, 5.74) is 1.03. The molecule has 0 spiro atoms. The smallest absolute Gasteiger partial charge is 0.315 e. The zero-order valence-corrected chi connectivity index (χ0v) is 13.1. The number of nitrogens with one attached hydrogen (secondary N) is 1. The van der Waals surface area contributed by atoms with Gasteiger partial charge in [0.2, 0.25) is 0 Å². The quantitative estimate of drug-likeness (QED) is 0.882. The lowest BCUT2D eigenvalue weighted by Crippen LogP contribution is -2.40. The number of amides is 2. The Kier molecular flexibility index (Phi) is 4.20. The van der Waals surface area contributed by atoms with Gasteiger partial charge in [0.05, 0.1) is 0 Å². The van der Waals surface area contributed by atoms with Gasteiger partial charge in [-0.3, -0.25) is 14.9 Å². The van der Waals surface area contributed by atoms with Gasteiger partial charge in [-0.1, -0.05) is 30.3 Å². The predicted octanol–water partition coefficient (Wildman–Crippen LogP) is 2.58. The molecule has 5 nitrogen and oxygen atoms in total. The Morgan fingerprint density at radius 1 is 1.32 bits per heavy atom. The maximum Gasteiger partial charge on any atom is 0.315 e. The Bertz CT molecular complexity index is 680. The molecular weight excluding hydrogens is 298 g/mol. The van der Waals surface area contributed by atoms with Gasteiger partial charge >= 0.3 is 11.8 Å². The van der Waals surface area contributed by atoms with Crippen LogP contribution in [0.5, 0.6) is 0 Å². The van der Waals surface area contributed by atoms with Crippen LogP contribution in [0.15, 0.2) is 36.5 Å². The predicted molar refractivity (Wildman–Crippen MR) is 85.5 cm³/mol. The van der Waals surface area contributed by atoms with Crippen LogP contribution in [0, 0.1) is 6.92 Å². The van der Waals surface area contributed by atoms with E-state index in [0.717, 1.165) is 23.3 Å². The standard InChI is InChI=1S/C16H17N3O2S/c1-11-9-17-16(22-11)18-14(20)15(21)19(13-7-8-13)10-12-5-3-2-4-6-12/h2-6,9,13H,7-8,10H2,1H3,(H,17,18,20). The van der Waals surface area contributed by atoms with Crippen LogP contribution < -0.4 is 5.32 Å². The Morgan fingerprint density at radius 3 is 2.64 bits per heavy atom. The summed E-state index contributed by atoms with van der Waals surface area (Å²) in [4.78, 5) is 31.3. The molecule has 0 atom stereocenters. The van der Waals surface area contributed by atoms with Gasteiger partial charge in [0, 0.05) is 23.7 Å². The summed E-state index contributed by atoms with van der Waals surface area (Å²) in [6, 6.07) is 9.91. The van der Waals surface area contributed by atoms with Crippen molar-refractivity contribution in [3.63, 3.8) is 0 Å². The Morgan fingerprint density at radius 2 is 2.05 bits per heavy atom. The van der Waals surface area contributed by atoms with Crippen LogP contribution in [0.4, 0.5) is 5.13 Å². The molecule has 0 saturated heterocycles. The maximum absolute atomic E-state index is 12.4. The van der Waals surface area contributed by atoms with Crippen molar-refractivity contribution in [1.82, 2.24) is 9.88 Å². The SMILES string of the molecule is Cc1cnc(NC(=O)C(=O)N(Cc2ccccc2)C2CC2)s1. The summed E-state index contributed by atoms with van der Waals surface area (Å²) >= 11 is 1.36. The van der Waals surface area contributed by atoms with Crippen LogP contribution in [0.25, 0.3) is 0 Å². The summed E-state index contributed by atoms with van der Waals surface area (Å²) in [6.45, 7) is 2.37. The first-order valence-electron chi connectivity index (χ1n) is 7.22. The molecule has 1 aromatic carbocycles. The van der Waals surface area contributed by atoms with Gasteiger partial charge < -0.3 is 4.90 Å². The van der Waals surface area contributed by atoms with E-state index < -0.39 is 11.8 Å². The van der Waals surface area contributed by atoms with Crippen molar-refractivity contribution >= 4 is 28.3 Å². The molecular formula is C16H17N3O2S. The minimum absolute atomic E-state index is 0.177. The monoisotopic (exact) mass is 315 g/mol. The first-order valence-corrected chi connectivity index (χ1v) is 8.03. The van der Waals surface area contributed by atoms with Gasteiger partial charge in [0.1, 0.15) is 0 Å². The maximum atomic E-state index is 12.4. The molecule has 0 aliphatic heterocycles. The molecule has 0 unspecified atom stereocenters. The molecule has 0 radical (unpaired) electrons. The van der Waals surface area contributed by atoms with Gasteiger partial charge in [0.15, 0.2) is 5.13 Å². The molecule has 22 heavy (non-hydrogen) atoms. The molecule has 1 N–H and O–H groups in total. The van der Waals surface area contributed by atoms with Crippen molar-refractivity contribution in [1.29, 1.82) is 0 Å². The fraction of sp³-hybridized carbons (Fsp3) is 0.312. The summed E-state index contributed by atoms with van der Waals surface area (Å²) < 4.78 is 0. The molecule has 0 bridgehead atoms. The first kappa shape index (κ1) is 14.7. The molecule has 1 aliphatic carbocycles. The highest BCUT2D eigenvalue weighted by Crippen LogP contribution is 2.28. The van der Waals surface area contributed by atoms with E-state index in [-0.39, 0.29) is 6.04 Å². The second kappa shape index (κ2) is 6.27. The van der Waals surface area contributed by atoms with Crippen molar-refractivity contribution < 1.29 is 9.59 Å². The van der Waals surface area contributed by atoms with Crippen molar-refractivity contribution in [3.05, 3.63) is 47.0 Å². The number of hydrogen-bond donors (Lipinski definition) is 1. The fourth-order valence-electron chi connectivity index (χ4n) is 2.23. The van der Waals surface area contributed by atoms with Crippen LogP contribution in [0.2, 0.25) is 0 Å². The fourth-order valence-corrected chi connectivity index (χ4v) is 2.89. The Balaban J connectivity index is 1.68. The molecule has 114 valence electrons. The third-order valence-corrected chi connectivity index (χ3v) is 4.31. The lowest BCUT2D eigenvalue weighted by atomic mass is 10.2. The van der Waals surface area contributed by atoms with Gasteiger partial charge in [-0.05, 0) is 25.3 Å². The number of carbonyl (C=O) groups is 2. The van der Waals surface area contributed by atoms with Gasteiger partial charge in [0.25, 0.3) is 0 Å². The summed E-state index contributed by atoms with van der Waals surface area (Å²) in [6.07, 6.45) is 3.60. The topological polar surface area (TPSA) is 62.3 Å². The average molecular weight is 315 g/mol. The highest BCUT2D eigenvalue weighted by atomic mass is 32.1. The molecule has 3 rings (SSSR count). The van der Waals surface area contributed by atoms with Crippen LogP contribution in [0.3, 0.4) is 0 Å².